The number of hydrogen-bond acceptors (Lipinski definition) is 6. The van der Waals surface area contributed by atoms with Gasteiger partial charge in [-0.1, -0.05) is 0 Å². The van der Waals surface area contributed by atoms with Crippen LogP contribution in [-0.2, 0) is 6.18 Å². The number of halogens is 4. The number of alkyl halides is 3. The Balaban J connectivity index is 2.28. The number of hydrogen-bond donors (Lipinski definition) is 2. The van der Waals surface area contributed by atoms with E-state index in [1.54, 1.807) is 5.38 Å². The minimum absolute atomic E-state index is 0.0340. The number of nitrogens with zero attached hydrogens (tertiary/aromatic N) is 2. The molecule has 0 saturated heterocycles. The molecule has 0 aliphatic heterocycles. The predicted octanol–water partition coefficient (Wildman–Crippen LogP) is 3.34. The average Bonchev–Trinajstić information content (AvgIpc) is 2.84. The van der Waals surface area contributed by atoms with Crippen LogP contribution in [0.25, 0.3) is 0 Å². The molecule has 1 aromatic heterocycles. The van der Waals surface area contributed by atoms with Gasteiger partial charge in [-0.2, -0.15) is 18.3 Å². The summed E-state index contributed by atoms with van der Waals surface area (Å²) in [4.78, 5) is 3.86. The van der Waals surface area contributed by atoms with Gasteiger partial charge in [0.25, 0.3) is 0 Å². The van der Waals surface area contributed by atoms with Crippen molar-refractivity contribution in [1.82, 2.24) is 4.98 Å². The number of rotatable bonds is 4. The molecule has 10 heteroatoms. The smallest absolute Gasteiger partial charge is 0.419 e. The summed E-state index contributed by atoms with van der Waals surface area (Å²) in [5.41, 5.74) is 6.49. The second-order valence-corrected chi connectivity index (χ2v) is 4.88. The Morgan fingerprint density at radius 1 is 1.41 bits per heavy atom. The van der Waals surface area contributed by atoms with E-state index in [4.69, 9.17) is 10.5 Å². The number of nitrogen functional groups attached to an aromatic ring is 1. The van der Waals surface area contributed by atoms with E-state index in [1.807, 2.05) is 0 Å². The number of nitrogens with two attached hydrogens (primary N) is 1. The van der Waals surface area contributed by atoms with Gasteiger partial charge in [-0.05, 0) is 6.07 Å². The fourth-order valence-corrected chi connectivity index (χ4v) is 2.11. The molecule has 0 spiro atoms. The highest BCUT2D eigenvalue weighted by molar-refractivity contribution is 7.14. The first-order chi connectivity index (χ1) is 10.3. The maximum Gasteiger partial charge on any atom is 0.419 e. The fraction of sp³-hybridized carbons (Fsp3) is 0.167. The minimum Gasteiger partial charge on any atom is -0.496 e. The second kappa shape index (κ2) is 6.18. The van der Waals surface area contributed by atoms with Gasteiger partial charge in [0.1, 0.15) is 17.4 Å². The number of hydrazone groups is 1. The highest BCUT2D eigenvalue weighted by Crippen LogP contribution is 2.34. The van der Waals surface area contributed by atoms with Gasteiger partial charge in [0.2, 0.25) is 5.13 Å². The lowest BCUT2D eigenvalue weighted by atomic mass is 10.1. The van der Waals surface area contributed by atoms with Crippen LogP contribution in [0.4, 0.5) is 28.5 Å². The Hall–Kier alpha value is -2.36. The first-order valence-electron chi connectivity index (χ1n) is 5.76. The molecule has 1 aromatic carbocycles. The standard InChI is InChI=1S/C12H10F4N4OS/c1-21-9-3-8(13)7(12(14,15)16)2-6(9)4-18-20-11-19-10(17)5-22-11/h2-5H,17H2,1H3,(H,19,20). The zero-order valence-corrected chi connectivity index (χ0v) is 11.9. The predicted molar refractivity (Wildman–Crippen MR) is 75.7 cm³/mol. The molecule has 1 heterocycles. The van der Waals surface area contributed by atoms with Crippen molar-refractivity contribution < 1.29 is 22.3 Å². The van der Waals surface area contributed by atoms with Gasteiger partial charge < -0.3 is 10.5 Å². The third-order valence-electron chi connectivity index (χ3n) is 2.51. The van der Waals surface area contributed by atoms with Crippen LogP contribution in [0, 0.1) is 5.82 Å². The van der Waals surface area contributed by atoms with Crippen molar-refractivity contribution in [2.24, 2.45) is 5.10 Å². The molecule has 5 nitrogen and oxygen atoms in total. The summed E-state index contributed by atoms with van der Waals surface area (Å²) in [5.74, 6) is -1.20. The van der Waals surface area contributed by atoms with Crippen LogP contribution >= 0.6 is 11.3 Å². The molecule has 118 valence electrons. The van der Waals surface area contributed by atoms with E-state index in [-0.39, 0.29) is 11.3 Å². The van der Waals surface area contributed by atoms with E-state index in [1.165, 1.54) is 18.4 Å². The van der Waals surface area contributed by atoms with E-state index in [0.29, 0.717) is 23.1 Å². The van der Waals surface area contributed by atoms with Crippen molar-refractivity contribution in [3.05, 3.63) is 34.5 Å². The van der Waals surface area contributed by atoms with Crippen LogP contribution in [0.5, 0.6) is 5.75 Å². The minimum atomic E-state index is -4.81. The molecule has 0 amide bonds. The Morgan fingerprint density at radius 2 is 2.14 bits per heavy atom. The molecule has 0 radical (unpaired) electrons. The molecule has 0 fully saturated rings. The van der Waals surface area contributed by atoms with Gasteiger partial charge in [0, 0.05) is 17.0 Å². The molecular formula is C12H10F4N4OS. The van der Waals surface area contributed by atoms with Gasteiger partial charge >= 0.3 is 6.18 Å². The zero-order chi connectivity index (χ0) is 16.3. The van der Waals surface area contributed by atoms with E-state index in [9.17, 15) is 17.6 Å². The topological polar surface area (TPSA) is 72.5 Å². The maximum atomic E-state index is 13.4. The number of ether oxygens (including phenoxy) is 1. The summed E-state index contributed by atoms with van der Waals surface area (Å²) in [6, 6.07) is 1.28. The Kier molecular flexibility index (Phi) is 4.50. The lowest BCUT2D eigenvalue weighted by Gasteiger charge is -2.11. The van der Waals surface area contributed by atoms with E-state index in [0.717, 1.165) is 6.21 Å². The summed E-state index contributed by atoms with van der Waals surface area (Å²) in [5, 5.41) is 5.67. The maximum absolute atomic E-state index is 13.4. The van der Waals surface area contributed by atoms with Crippen LogP contribution in [0.1, 0.15) is 11.1 Å². The number of aromatic nitrogens is 1. The molecule has 22 heavy (non-hydrogen) atoms. The monoisotopic (exact) mass is 334 g/mol. The quantitative estimate of drug-likeness (QED) is 0.511. The number of anilines is 2. The third kappa shape index (κ3) is 3.64. The molecule has 0 aliphatic carbocycles. The Labute approximate surface area is 126 Å². The summed E-state index contributed by atoms with van der Waals surface area (Å²) in [6.45, 7) is 0. The van der Waals surface area contributed by atoms with Gasteiger partial charge in [0.05, 0.1) is 18.9 Å². The van der Waals surface area contributed by atoms with Crippen molar-refractivity contribution in [1.29, 1.82) is 0 Å². The van der Waals surface area contributed by atoms with Crippen molar-refractivity contribution in [2.75, 3.05) is 18.3 Å². The van der Waals surface area contributed by atoms with E-state index >= 15 is 0 Å². The fourth-order valence-electron chi connectivity index (χ4n) is 1.56. The van der Waals surface area contributed by atoms with Gasteiger partial charge in [0.15, 0.2) is 0 Å². The summed E-state index contributed by atoms with van der Waals surface area (Å²) >= 11 is 1.17. The molecule has 2 rings (SSSR count). The lowest BCUT2D eigenvalue weighted by molar-refractivity contribution is -0.140. The van der Waals surface area contributed by atoms with Crippen molar-refractivity contribution in [3.63, 3.8) is 0 Å². The zero-order valence-electron chi connectivity index (χ0n) is 11.1. The van der Waals surface area contributed by atoms with E-state index < -0.39 is 17.6 Å². The summed E-state index contributed by atoms with van der Waals surface area (Å²) < 4.78 is 56.3. The number of methoxy groups -OCH3 is 1. The van der Waals surface area contributed by atoms with Crippen molar-refractivity contribution in [3.8, 4) is 5.75 Å². The molecular weight excluding hydrogens is 324 g/mol. The van der Waals surface area contributed by atoms with Crippen LogP contribution in [-0.4, -0.2) is 18.3 Å². The summed E-state index contributed by atoms with van der Waals surface area (Å²) in [6.07, 6.45) is -3.73. The highest BCUT2D eigenvalue weighted by atomic mass is 32.1. The van der Waals surface area contributed by atoms with Crippen molar-refractivity contribution >= 4 is 28.5 Å². The number of thiazole rings is 1. The molecule has 0 saturated carbocycles. The SMILES string of the molecule is COc1cc(F)c(C(F)(F)F)cc1C=NNc1nc(N)cs1. The van der Waals surface area contributed by atoms with Gasteiger partial charge in [-0.3, -0.25) is 5.43 Å². The normalized spacial score (nSPS) is 11.9. The third-order valence-corrected chi connectivity index (χ3v) is 3.28. The van der Waals surface area contributed by atoms with Crippen molar-refractivity contribution in [2.45, 2.75) is 6.18 Å². The van der Waals surface area contributed by atoms with Crippen LogP contribution < -0.4 is 15.9 Å². The molecule has 0 bridgehead atoms. The Morgan fingerprint density at radius 3 is 2.68 bits per heavy atom. The van der Waals surface area contributed by atoms with Crippen LogP contribution in [0.15, 0.2) is 22.6 Å². The first-order valence-corrected chi connectivity index (χ1v) is 6.64. The molecule has 0 atom stereocenters. The first kappa shape index (κ1) is 16.0. The Bertz CT molecular complexity index is 699. The van der Waals surface area contributed by atoms with E-state index in [2.05, 4.69) is 15.5 Å². The lowest BCUT2D eigenvalue weighted by Crippen LogP contribution is -2.10. The molecule has 0 unspecified atom stereocenters. The van der Waals surface area contributed by atoms with Gasteiger partial charge in [-0.25, -0.2) is 9.37 Å². The highest BCUT2D eigenvalue weighted by Gasteiger charge is 2.35. The number of nitrogens with one attached hydrogen (secondary N) is 1. The summed E-state index contributed by atoms with van der Waals surface area (Å²) in [7, 11) is 1.22. The molecule has 3 N–H and O–H groups in total. The average molecular weight is 334 g/mol. The largest absolute Gasteiger partial charge is 0.496 e. The van der Waals surface area contributed by atoms with Gasteiger partial charge in [-0.15, -0.1) is 11.3 Å². The van der Waals surface area contributed by atoms with Crippen LogP contribution in [0.3, 0.4) is 0 Å². The second-order valence-electron chi connectivity index (χ2n) is 4.02. The van der Waals surface area contributed by atoms with Crippen LogP contribution in [0.2, 0.25) is 0 Å². The molecule has 0 aliphatic rings. The number of benzene rings is 1. The molecule has 2 aromatic rings.